The first-order valence-corrected chi connectivity index (χ1v) is 8.20. The van der Waals surface area contributed by atoms with Crippen LogP contribution >= 0.6 is 0 Å². The summed E-state index contributed by atoms with van der Waals surface area (Å²) in [6.07, 6.45) is 4.78. The first-order chi connectivity index (χ1) is 12.7. The van der Waals surface area contributed by atoms with E-state index in [1.54, 1.807) is 12.2 Å². The van der Waals surface area contributed by atoms with Crippen LogP contribution < -0.4 is 16.2 Å². The topological polar surface area (TPSA) is 114 Å². The van der Waals surface area contributed by atoms with Crippen LogP contribution in [0.25, 0.3) is 0 Å². The van der Waals surface area contributed by atoms with Gasteiger partial charge in [-0.25, -0.2) is 0 Å². The van der Waals surface area contributed by atoms with E-state index < -0.39 is 29.6 Å². The summed E-state index contributed by atoms with van der Waals surface area (Å²) in [5.74, 6) is -2.89. The minimum atomic E-state index is -0.775. The predicted octanol–water partition coefficient (Wildman–Crippen LogP) is 0.0615. The van der Waals surface area contributed by atoms with Gasteiger partial charge in [0.2, 0.25) is 18.7 Å². The quantitative estimate of drug-likeness (QED) is 0.250. The van der Waals surface area contributed by atoms with E-state index in [9.17, 15) is 19.2 Å². The molecule has 0 fully saturated rings. The molecule has 0 bridgehead atoms. The van der Waals surface area contributed by atoms with Gasteiger partial charge in [-0.2, -0.15) is 0 Å². The van der Waals surface area contributed by atoms with E-state index in [0.29, 0.717) is 19.2 Å². The molecule has 1 aromatic rings. The number of carbonyl (C=O) groups is 4. The number of benzene rings is 1. The third-order valence-corrected chi connectivity index (χ3v) is 4.19. The molecule has 0 aliphatic heterocycles. The van der Waals surface area contributed by atoms with Gasteiger partial charge in [-0.3, -0.25) is 30.0 Å². The minimum Gasteiger partial charge on any atom is -0.461 e. The lowest BCUT2D eigenvalue weighted by molar-refractivity contribution is -0.155. The van der Waals surface area contributed by atoms with Crippen molar-refractivity contribution in [3.05, 3.63) is 48.0 Å². The van der Waals surface area contributed by atoms with E-state index in [-0.39, 0.29) is 13.2 Å². The number of hydrogen-bond acceptors (Lipinski definition) is 5. The van der Waals surface area contributed by atoms with Crippen molar-refractivity contribution in [1.29, 1.82) is 0 Å². The second-order valence-electron chi connectivity index (χ2n) is 5.83. The van der Waals surface area contributed by atoms with Gasteiger partial charge in [0.05, 0.1) is 11.8 Å². The van der Waals surface area contributed by atoms with E-state index in [0.717, 1.165) is 5.56 Å². The first-order valence-electron chi connectivity index (χ1n) is 8.20. The average Bonchev–Trinajstić information content (AvgIpc) is 2.69. The molecule has 0 saturated carbocycles. The number of allylic oxidation sites excluding steroid dienone is 1. The van der Waals surface area contributed by atoms with Gasteiger partial charge in [0.25, 0.3) is 0 Å². The van der Waals surface area contributed by atoms with Gasteiger partial charge < -0.3 is 10.1 Å². The van der Waals surface area contributed by atoms with Crippen molar-refractivity contribution in [2.24, 2.45) is 17.8 Å². The highest BCUT2D eigenvalue weighted by Gasteiger charge is 2.40. The van der Waals surface area contributed by atoms with Gasteiger partial charge in [0.15, 0.2) is 0 Å². The standard InChI is InChI=1S/C18H21N3O5/c22-11-19-9-14-7-4-8-15(16(14)17(24)21-20-12-23)18(25)26-10-13-5-2-1-3-6-13/h1-7,11-12,14-16H,8-10H2,(H,19,22)(H,20,23)(H,21,24). The molecule has 2 rings (SSSR count). The monoisotopic (exact) mass is 359 g/mol. The van der Waals surface area contributed by atoms with Crippen LogP contribution in [-0.4, -0.2) is 31.2 Å². The molecule has 1 aliphatic carbocycles. The Balaban J connectivity index is 2.09. The summed E-state index contributed by atoms with van der Waals surface area (Å²) in [5.41, 5.74) is 5.19. The van der Waals surface area contributed by atoms with Crippen LogP contribution in [0.15, 0.2) is 42.5 Å². The Morgan fingerprint density at radius 3 is 2.62 bits per heavy atom. The Labute approximate surface area is 150 Å². The molecule has 8 heteroatoms. The fraction of sp³-hybridized carbons (Fsp3) is 0.333. The van der Waals surface area contributed by atoms with E-state index >= 15 is 0 Å². The Morgan fingerprint density at radius 1 is 1.15 bits per heavy atom. The molecule has 0 spiro atoms. The summed E-state index contributed by atoms with van der Waals surface area (Å²) in [6.45, 7) is 0.305. The minimum absolute atomic E-state index is 0.109. The zero-order chi connectivity index (χ0) is 18.8. The molecule has 0 aromatic heterocycles. The molecular formula is C18H21N3O5. The van der Waals surface area contributed by atoms with Crippen molar-refractivity contribution in [3.8, 4) is 0 Å². The maximum Gasteiger partial charge on any atom is 0.310 e. The summed E-state index contributed by atoms with van der Waals surface area (Å²) in [5, 5.41) is 2.52. The SMILES string of the molecule is O=CNCC1C=CCC(C(=O)OCc2ccccc2)C1C(=O)NNC=O. The Kier molecular flexibility index (Phi) is 7.35. The normalized spacial score (nSPS) is 21.3. The van der Waals surface area contributed by atoms with Gasteiger partial charge >= 0.3 is 5.97 Å². The maximum atomic E-state index is 12.6. The number of rotatable bonds is 9. The molecule has 8 nitrogen and oxygen atoms in total. The lowest BCUT2D eigenvalue weighted by atomic mass is 9.75. The van der Waals surface area contributed by atoms with Crippen LogP contribution in [0, 0.1) is 17.8 Å². The summed E-state index contributed by atoms with van der Waals surface area (Å²) < 4.78 is 5.37. The van der Waals surface area contributed by atoms with E-state index in [2.05, 4.69) is 16.2 Å². The second-order valence-corrected chi connectivity index (χ2v) is 5.83. The smallest absolute Gasteiger partial charge is 0.310 e. The van der Waals surface area contributed by atoms with Crippen molar-refractivity contribution in [2.45, 2.75) is 13.0 Å². The number of ether oxygens (including phenoxy) is 1. The molecule has 3 atom stereocenters. The molecule has 138 valence electrons. The zero-order valence-electron chi connectivity index (χ0n) is 14.1. The lowest BCUT2D eigenvalue weighted by Crippen LogP contribution is -2.49. The van der Waals surface area contributed by atoms with Crippen LogP contribution in [0.4, 0.5) is 0 Å². The van der Waals surface area contributed by atoms with Crippen molar-refractivity contribution < 1.29 is 23.9 Å². The van der Waals surface area contributed by atoms with E-state index in [1.807, 2.05) is 30.3 Å². The van der Waals surface area contributed by atoms with Crippen molar-refractivity contribution >= 4 is 24.7 Å². The molecule has 0 heterocycles. The molecule has 1 aromatic carbocycles. The van der Waals surface area contributed by atoms with E-state index in [4.69, 9.17) is 4.74 Å². The molecule has 3 N–H and O–H groups in total. The molecular weight excluding hydrogens is 338 g/mol. The highest BCUT2D eigenvalue weighted by atomic mass is 16.5. The largest absolute Gasteiger partial charge is 0.461 e. The van der Waals surface area contributed by atoms with Crippen LogP contribution in [0.2, 0.25) is 0 Å². The third kappa shape index (κ3) is 5.17. The fourth-order valence-corrected chi connectivity index (χ4v) is 2.98. The number of esters is 1. The maximum absolute atomic E-state index is 12.6. The first kappa shape index (κ1) is 19.2. The summed E-state index contributed by atoms with van der Waals surface area (Å²) in [6, 6.07) is 9.22. The summed E-state index contributed by atoms with van der Waals surface area (Å²) in [4.78, 5) is 46.0. The summed E-state index contributed by atoms with van der Waals surface area (Å²) >= 11 is 0. The highest BCUT2D eigenvalue weighted by Crippen LogP contribution is 2.31. The van der Waals surface area contributed by atoms with Gasteiger partial charge in [-0.05, 0) is 12.0 Å². The van der Waals surface area contributed by atoms with Crippen molar-refractivity contribution in [1.82, 2.24) is 16.2 Å². The third-order valence-electron chi connectivity index (χ3n) is 4.19. The average molecular weight is 359 g/mol. The molecule has 1 aliphatic rings. The highest BCUT2D eigenvalue weighted by molar-refractivity contribution is 5.86. The Hall–Kier alpha value is -3.16. The molecule has 3 amide bonds. The van der Waals surface area contributed by atoms with Crippen LogP contribution in [0.1, 0.15) is 12.0 Å². The van der Waals surface area contributed by atoms with Crippen molar-refractivity contribution in [2.75, 3.05) is 6.54 Å². The van der Waals surface area contributed by atoms with Crippen LogP contribution in [0.5, 0.6) is 0 Å². The fourth-order valence-electron chi connectivity index (χ4n) is 2.98. The number of hydrogen-bond donors (Lipinski definition) is 3. The second kappa shape index (κ2) is 9.97. The van der Waals surface area contributed by atoms with Crippen LogP contribution in [0.3, 0.4) is 0 Å². The molecule has 26 heavy (non-hydrogen) atoms. The lowest BCUT2D eigenvalue weighted by Gasteiger charge is -2.32. The van der Waals surface area contributed by atoms with Gasteiger partial charge in [0.1, 0.15) is 6.61 Å². The number of amides is 3. The van der Waals surface area contributed by atoms with Gasteiger partial charge in [-0.1, -0.05) is 42.5 Å². The number of nitrogens with one attached hydrogen (secondary N) is 3. The molecule has 0 saturated heterocycles. The van der Waals surface area contributed by atoms with Gasteiger partial charge in [0, 0.05) is 12.5 Å². The summed E-state index contributed by atoms with van der Waals surface area (Å²) in [7, 11) is 0. The Morgan fingerprint density at radius 2 is 1.92 bits per heavy atom. The molecule has 0 radical (unpaired) electrons. The van der Waals surface area contributed by atoms with E-state index in [1.165, 1.54) is 0 Å². The predicted molar refractivity (Wildman–Crippen MR) is 91.9 cm³/mol. The Bertz CT molecular complexity index is 662. The van der Waals surface area contributed by atoms with Crippen molar-refractivity contribution in [3.63, 3.8) is 0 Å². The van der Waals surface area contributed by atoms with Gasteiger partial charge in [-0.15, -0.1) is 0 Å². The zero-order valence-corrected chi connectivity index (χ0v) is 14.1. The molecule has 3 unspecified atom stereocenters. The number of carbonyl (C=O) groups excluding carboxylic acids is 4. The van der Waals surface area contributed by atoms with Crippen LogP contribution in [-0.2, 0) is 30.5 Å². The number of hydrazine groups is 1.